The average Bonchev–Trinajstić information content (AvgIpc) is 1.83. The third kappa shape index (κ3) is 4.08. The van der Waals surface area contributed by atoms with E-state index in [2.05, 4.69) is 37.6 Å². The molecule has 8 heavy (non-hydrogen) atoms. The maximum atomic E-state index is 3.70. The third-order valence-electron chi connectivity index (χ3n) is 0.700. The Balaban J connectivity index is 3.21. The first-order valence-corrected chi connectivity index (χ1v) is 7.03. The topological polar surface area (TPSA) is 12.0 Å². The number of hydrogen-bond donors (Lipinski definition) is 1. The van der Waals surface area contributed by atoms with Crippen LogP contribution in [-0.2, 0) is 0 Å². The number of nitrogens with one attached hydrogen (secondary N) is 1. The van der Waals surface area contributed by atoms with E-state index in [0.29, 0.717) is 6.04 Å². The Kier molecular flexibility index (Phi) is 7.19. The molecule has 0 aliphatic carbocycles. The van der Waals surface area contributed by atoms with Gasteiger partial charge in [0.2, 0.25) is 0 Å². The number of halogens is 2. The Labute approximate surface area is 75.1 Å². The summed E-state index contributed by atoms with van der Waals surface area (Å²) in [7, 11) is 0. The molecule has 1 atom stereocenters. The molecule has 0 spiro atoms. The van der Waals surface area contributed by atoms with Crippen molar-refractivity contribution in [3.05, 3.63) is 12.7 Å². The summed E-state index contributed by atoms with van der Waals surface area (Å²) in [6.07, 6.45) is 1.97. The fourth-order valence-corrected chi connectivity index (χ4v) is 2.97. The molecule has 0 amide bonds. The molecule has 50 valence electrons. The second kappa shape index (κ2) is 6.28. The summed E-state index contributed by atoms with van der Waals surface area (Å²) in [6, 6.07) is 0.549. The zero-order valence-corrected chi connectivity index (χ0v) is 9.14. The van der Waals surface area contributed by atoms with Gasteiger partial charge in [-0.2, -0.15) is 0 Å². The summed E-state index contributed by atoms with van der Waals surface area (Å²) >= 11 is 2.59. The van der Waals surface area contributed by atoms with Gasteiger partial charge in [-0.1, -0.05) is 0 Å². The van der Waals surface area contributed by atoms with E-state index in [-0.39, 0.29) is 21.5 Å². The zero-order valence-electron chi connectivity index (χ0n) is 4.82. The molecular weight excluding hydrogens is 328 g/mol. The van der Waals surface area contributed by atoms with Crippen molar-refractivity contribution in [2.24, 2.45) is 0 Å². The van der Waals surface area contributed by atoms with Crippen molar-refractivity contribution in [1.82, 2.24) is 3.53 Å². The Bertz CT molecular complexity index is 65.4. The molecule has 0 saturated heterocycles. The zero-order chi connectivity index (χ0) is 6.41. The Morgan fingerprint density at radius 1 is 2.00 bits per heavy atom. The fraction of sp³-hybridized carbons (Fsp3) is 0.600. The van der Waals surface area contributed by atoms with Crippen LogP contribution in [0.15, 0.2) is 12.7 Å². The van der Waals surface area contributed by atoms with Gasteiger partial charge in [-0.15, -0.1) is 0 Å². The maximum absolute atomic E-state index is 3.70. The molecule has 0 aromatic rings. The molecule has 0 radical (unpaired) electrons. The van der Waals surface area contributed by atoms with Crippen molar-refractivity contribution in [2.45, 2.75) is 6.04 Å². The number of hydrogen-bond acceptors (Lipinski definition) is 1. The summed E-state index contributed by atoms with van der Waals surface area (Å²) in [5.74, 6) is 0. The second-order valence-electron chi connectivity index (χ2n) is 1.29. The molecule has 0 heterocycles. The van der Waals surface area contributed by atoms with Gasteiger partial charge >= 0.3 is 75.7 Å². The van der Waals surface area contributed by atoms with E-state index < -0.39 is 0 Å². The summed E-state index contributed by atoms with van der Waals surface area (Å²) in [5, 5.41) is 0. The fourth-order valence-electron chi connectivity index (χ4n) is 0.277. The molecule has 1 nitrogen and oxygen atoms in total. The van der Waals surface area contributed by atoms with Gasteiger partial charge in [0.25, 0.3) is 0 Å². The van der Waals surface area contributed by atoms with Gasteiger partial charge in [-0.25, -0.2) is 0 Å². The second-order valence-corrected chi connectivity index (χ2v) is 3.88. The summed E-state index contributed by atoms with van der Waals surface area (Å²) < 4.78 is 4.50. The quantitative estimate of drug-likeness (QED) is 0.276. The van der Waals surface area contributed by atoms with E-state index in [0.717, 1.165) is 4.43 Å². The van der Waals surface area contributed by atoms with Crippen LogP contribution in [0.25, 0.3) is 0 Å². The minimum atomic E-state index is 0.228. The molecule has 0 aliphatic heterocycles. The summed E-state index contributed by atoms with van der Waals surface area (Å²) in [6.45, 7) is 3.70. The summed E-state index contributed by atoms with van der Waals surface area (Å²) in [4.78, 5) is 2.21. The molecule has 3 heteroatoms. The standard InChI is InChI=1S/C5H10I2N/c1-3-5(4-6)8-7-2/h3,5,8H,1,4H2,2H3/q-1/t5-/m0/s1. The normalized spacial score (nSPS) is 13.8. The van der Waals surface area contributed by atoms with E-state index >= 15 is 0 Å². The van der Waals surface area contributed by atoms with Crippen LogP contribution in [0.4, 0.5) is 0 Å². The van der Waals surface area contributed by atoms with Gasteiger partial charge in [0.1, 0.15) is 0 Å². The number of rotatable bonds is 4. The molecule has 0 aromatic carbocycles. The SMILES string of the molecule is C=C[C@@H](CI)N[I-]C. The van der Waals surface area contributed by atoms with Crippen LogP contribution in [0.2, 0.25) is 0 Å². The van der Waals surface area contributed by atoms with Gasteiger partial charge in [0.05, 0.1) is 0 Å². The molecule has 0 rings (SSSR count). The van der Waals surface area contributed by atoms with Gasteiger partial charge < -0.3 is 0 Å². The van der Waals surface area contributed by atoms with E-state index in [9.17, 15) is 0 Å². The van der Waals surface area contributed by atoms with Crippen molar-refractivity contribution in [2.75, 3.05) is 9.36 Å². The molecule has 0 aliphatic rings. The monoisotopic (exact) mass is 338 g/mol. The third-order valence-corrected chi connectivity index (χ3v) is 3.07. The first kappa shape index (κ1) is 9.16. The molecule has 0 bridgehead atoms. The summed E-state index contributed by atoms with van der Waals surface area (Å²) in [5.41, 5.74) is 0. The predicted octanol–water partition coefficient (Wildman–Crippen LogP) is -1.80. The van der Waals surface area contributed by atoms with E-state index in [1.807, 2.05) is 6.08 Å². The molecule has 0 unspecified atom stereocenters. The van der Waals surface area contributed by atoms with Crippen molar-refractivity contribution < 1.29 is 21.5 Å². The van der Waals surface area contributed by atoms with Crippen LogP contribution in [-0.4, -0.2) is 15.4 Å². The van der Waals surface area contributed by atoms with Gasteiger partial charge in [-0.05, 0) is 0 Å². The van der Waals surface area contributed by atoms with Crippen LogP contribution in [0.5, 0.6) is 0 Å². The molecular formula is C5H10I2N-. The van der Waals surface area contributed by atoms with Crippen LogP contribution < -0.4 is 25.0 Å². The molecule has 0 aromatic heterocycles. The van der Waals surface area contributed by atoms with Crippen molar-refractivity contribution in [3.8, 4) is 0 Å². The Hall–Kier alpha value is 1.16. The first-order valence-electron chi connectivity index (χ1n) is 2.27. The van der Waals surface area contributed by atoms with E-state index in [1.165, 1.54) is 0 Å². The van der Waals surface area contributed by atoms with Crippen molar-refractivity contribution in [3.63, 3.8) is 0 Å². The van der Waals surface area contributed by atoms with Crippen LogP contribution >= 0.6 is 22.6 Å². The van der Waals surface area contributed by atoms with Crippen LogP contribution in [0, 0.1) is 0 Å². The first-order chi connectivity index (χ1) is 3.85. The Morgan fingerprint density at radius 3 is 2.75 bits per heavy atom. The molecule has 1 N–H and O–H groups in total. The van der Waals surface area contributed by atoms with E-state index in [4.69, 9.17) is 0 Å². The molecule has 0 fully saturated rings. The minimum absolute atomic E-state index is 0.228. The number of alkyl halides is 2. The predicted molar refractivity (Wildman–Crippen MR) is 41.9 cm³/mol. The average molecular weight is 338 g/mol. The van der Waals surface area contributed by atoms with Gasteiger partial charge in [0.15, 0.2) is 0 Å². The van der Waals surface area contributed by atoms with Crippen molar-refractivity contribution >= 4 is 22.6 Å². The van der Waals surface area contributed by atoms with Gasteiger partial charge in [0, 0.05) is 0 Å². The van der Waals surface area contributed by atoms with Crippen LogP contribution in [0.1, 0.15) is 0 Å². The van der Waals surface area contributed by atoms with Gasteiger partial charge in [-0.3, -0.25) is 0 Å². The van der Waals surface area contributed by atoms with E-state index in [1.54, 1.807) is 0 Å². The molecule has 0 saturated carbocycles. The van der Waals surface area contributed by atoms with Crippen molar-refractivity contribution in [1.29, 1.82) is 0 Å². The van der Waals surface area contributed by atoms with Crippen LogP contribution in [0.3, 0.4) is 0 Å². The Morgan fingerprint density at radius 2 is 2.62 bits per heavy atom.